The van der Waals surface area contributed by atoms with E-state index in [1.165, 1.54) is 83.5 Å². The summed E-state index contributed by atoms with van der Waals surface area (Å²) in [7, 11) is 0. The number of hydrogen-bond donors (Lipinski definition) is 3. The average Bonchev–Trinajstić information content (AvgIpc) is 3.25. The molecule has 0 spiro atoms. The normalized spacial score (nSPS) is 14.0. The van der Waals surface area contributed by atoms with Crippen LogP contribution < -0.4 is 5.32 Å². The van der Waals surface area contributed by atoms with E-state index in [1.807, 2.05) is 6.08 Å². The fourth-order valence-corrected chi connectivity index (χ4v) is 7.22. The molecule has 6 nitrogen and oxygen atoms in total. The predicted octanol–water partition coefficient (Wildman–Crippen LogP) is 15.2. The van der Waals surface area contributed by atoms with E-state index in [2.05, 4.69) is 105 Å². The van der Waals surface area contributed by atoms with Crippen LogP contribution in [0.15, 0.2) is 85.1 Å². The van der Waals surface area contributed by atoms with Crippen LogP contribution in [-0.2, 0) is 14.3 Å². The van der Waals surface area contributed by atoms with Crippen molar-refractivity contribution in [3.63, 3.8) is 0 Å². The third-order valence-electron chi connectivity index (χ3n) is 11.1. The van der Waals surface area contributed by atoms with Gasteiger partial charge in [-0.2, -0.15) is 0 Å². The van der Waals surface area contributed by atoms with Gasteiger partial charge in [0.15, 0.2) is 0 Å². The Morgan fingerprint density at radius 1 is 0.508 bits per heavy atom. The second-order valence-corrected chi connectivity index (χ2v) is 16.9. The number of ether oxygens (including phenoxy) is 1. The predicted molar refractivity (Wildman–Crippen MR) is 264 cm³/mol. The number of rotatable bonds is 44. The van der Waals surface area contributed by atoms with Gasteiger partial charge in [-0.05, 0) is 83.5 Å². The van der Waals surface area contributed by atoms with E-state index in [4.69, 9.17) is 4.74 Å². The minimum absolute atomic E-state index is 0.0421. The van der Waals surface area contributed by atoms with Gasteiger partial charge in [0.1, 0.15) is 6.10 Å². The number of aliphatic hydroxyl groups is 2. The number of esters is 1. The molecule has 0 aromatic heterocycles. The summed E-state index contributed by atoms with van der Waals surface area (Å²) in [6.07, 6.45) is 62.1. The lowest BCUT2D eigenvalue weighted by Gasteiger charge is -2.24. The molecule has 0 heterocycles. The molecule has 0 rings (SSSR count). The standard InChI is InChI=1S/C55H95NO5/c1-4-7-10-13-16-19-22-24-26-28-30-32-34-37-40-43-46-51(49-54(59)56-52(50-57)53(58)47-44-41-38-35-21-18-15-12-9-6-3)61-55(60)48-45-42-39-36-33-31-29-27-25-23-20-17-14-11-8-5-2/h8,11,16-17,19-20,22,24-28,30,32,51-53,57-58H,4-7,9-10,12-15,18,21,23,29,31,33-50H2,1-3H3,(H,56,59)/b11-8+,19-16+,20-17+,24-22+,27-25+,28-26+,32-30+. The van der Waals surface area contributed by atoms with Gasteiger partial charge < -0.3 is 20.3 Å². The first-order chi connectivity index (χ1) is 30.0. The maximum atomic E-state index is 13.2. The second kappa shape index (κ2) is 48.1. The number of carbonyl (C=O) groups is 2. The van der Waals surface area contributed by atoms with Gasteiger partial charge in [0.2, 0.25) is 5.91 Å². The van der Waals surface area contributed by atoms with Crippen molar-refractivity contribution in [2.45, 2.75) is 244 Å². The molecule has 0 saturated carbocycles. The van der Waals surface area contributed by atoms with E-state index < -0.39 is 18.2 Å². The SMILES string of the molecule is CC/C=C/C/C=C/C/C=C/CCCCCCCCC(=O)OC(CCCCC/C=C/C=C/C=C/C=C/CCCCC)CC(=O)NC(CO)C(O)CCCCCCCCCCCC. The van der Waals surface area contributed by atoms with E-state index in [0.717, 1.165) is 96.3 Å². The molecular formula is C55H95NO5. The summed E-state index contributed by atoms with van der Waals surface area (Å²) in [5, 5.41) is 23.7. The number of hydrogen-bond acceptors (Lipinski definition) is 5. The van der Waals surface area contributed by atoms with Gasteiger partial charge in [0.25, 0.3) is 0 Å². The molecule has 0 bridgehead atoms. The van der Waals surface area contributed by atoms with Crippen LogP contribution in [0.3, 0.4) is 0 Å². The Kier molecular flexibility index (Phi) is 45.7. The van der Waals surface area contributed by atoms with Gasteiger partial charge in [0.05, 0.1) is 25.2 Å². The van der Waals surface area contributed by atoms with Crippen molar-refractivity contribution >= 4 is 11.9 Å². The molecule has 0 aliphatic carbocycles. The second-order valence-electron chi connectivity index (χ2n) is 16.9. The lowest BCUT2D eigenvalue weighted by atomic mass is 10.0. The summed E-state index contributed by atoms with van der Waals surface area (Å²) >= 11 is 0. The van der Waals surface area contributed by atoms with Crippen molar-refractivity contribution in [3.05, 3.63) is 85.1 Å². The lowest BCUT2D eigenvalue weighted by molar-refractivity contribution is -0.151. The van der Waals surface area contributed by atoms with Crippen molar-refractivity contribution in [3.8, 4) is 0 Å². The smallest absolute Gasteiger partial charge is 0.306 e. The highest BCUT2D eigenvalue weighted by molar-refractivity contribution is 5.77. The lowest BCUT2D eigenvalue weighted by Crippen LogP contribution is -2.46. The summed E-state index contributed by atoms with van der Waals surface area (Å²) in [5.74, 6) is -0.533. The van der Waals surface area contributed by atoms with E-state index in [0.29, 0.717) is 19.3 Å². The zero-order chi connectivity index (χ0) is 44.5. The van der Waals surface area contributed by atoms with Crippen LogP contribution in [0.4, 0.5) is 0 Å². The van der Waals surface area contributed by atoms with Gasteiger partial charge in [-0.3, -0.25) is 9.59 Å². The summed E-state index contributed by atoms with van der Waals surface area (Å²) < 4.78 is 5.91. The van der Waals surface area contributed by atoms with E-state index >= 15 is 0 Å². The van der Waals surface area contributed by atoms with E-state index in [-0.39, 0.29) is 24.9 Å². The highest BCUT2D eigenvalue weighted by Crippen LogP contribution is 2.17. The highest BCUT2D eigenvalue weighted by atomic mass is 16.5. The fourth-order valence-electron chi connectivity index (χ4n) is 7.22. The van der Waals surface area contributed by atoms with Crippen molar-refractivity contribution in [2.24, 2.45) is 0 Å². The van der Waals surface area contributed by atoms with Gasteiger partial charge in [-0.25, -0.2) is 0 Å². The Hall–Kier alpha value is -2.96. The zero-order valence-corrected chi connectivity index (χ0v) is 39.8. The Bertz CT molecular complexity index is 1180. The van der Waals surface area contributed by atoms with Crippen LogP contribution in [0.25, 0.3) is 0 Å². The van der Waals surface area contributed by atoms with Gasteiger partial charge in [-0.15, -0.1) is 0 Å². The molecule has 6 heteroatoms. The Balaban J connectivity index is 4.72. The number of amides is 1. The quantitative estimate of drug-likeness (QED) is 0.0246. The number of aliphatic hydroxyl groups excluding tert-OH is 2. The van der Waals surface area contributed by atoms with Crippen LogP contribution in [-0.4, -0.2) is 46.9 Å². The first-order valence-corrected chi connectivity index (χ1v) is 25.4. The number of nitrogens with one attached hydrogen (secondary N) is 1. The largest absolute Gasteiger partial charge is 0.462 e. The molecule has 0 radical (unpaired) electrons. The summed E-state index contributed by atoms with van der Waals surface area (Å²) in [6, 6.07) is -0.720. The number of unbranched alkanes of at least 4 members (excludes halogenated alkanes) is 21. The van der Waals surface area contributed by atoms with Crippen molar-refractivity contribution in [1.29, 1.82) is 0 Å². The Morgan fingerprint density at radius 2 is 0.951 bits per heavy atom. The minimum atomic E-state index is -0.804. The first-order valence-electron chi connectivity index (χ1n) is 25.4. The maximum absolute atomic E-state index is 13.2. The Labute approximate surface area is 376 Å². The van der Waals surface area contributed by atoms with Crippen molar-refractivity contribution < 1.29 is 24.5 Å². The molecule has 3 N–H and O–H groups in total. The molecule has 0 aromatic carbocycles. The molecule has 61 heavy (non-hydrogen) atoms. The van der Waals surface area contributed by atoms with Crippen LogP contribution >= 0.6 is 0 Å². The van der Waals surface area contributed by atoms with Crippen LogP contribution in [0.2, 0.25) is 0 Å². The highest BCUT2D eigenvalue weighted by Gasteiger charge is 2.24. The van der Waals surface area contributed by atoms with Gasteiger partial charge in [0, 0.05) is 6.42 Å². The molecule has 0 fully saturated rings. The summed E-state index contributed by atoms with van der Waals surface area (Å²) in [6.45, 7) is 6.30. The third-order valence-corrected chi connectivity index (χ3v) is 11.1. The molecular weight excluding hydrogens is 755 g/mol. The van der Waals surface area contributed by atoms with Crippen LogP contribution in [0, 0.1) is 0 Å². The zero-order valence-electron chi connectivity index (χ0n) is 39.8. The monoisotopic (exact) mass is 850 g/mol. The minimum Gasteiger partial charge on any atom is -0.462 e. The molecule has 0 aliphatic rings. The number of allylic oxidation sites excluding steroid dienone is 14. The molecule has 0 aromatic rings. The number of carbonyl (C=O) groups excluding carboxylic acids is 2. The van der Waals surface area contributed by atoms with Gasteiger partial charge >= 0.3 is 5.97 Å². The van der Waals surface area contributed by atoms with E-state index in [1.54, 1.807) is 0 Å². The first kappa shape index (κ1) is 58.0. The summed E-state index contributed by atoms with van der Waals surface area (Å²) in [5.41, 5.74) is 0. The van der Waals surface area contributed by atoms with Gasteiger partial charge in [-0.1, -0.05) is 215 Å². The van der Waals surface area contributed by atoms with Crippen LogP contribution in [0.1, 0.15) is 226 Å². The van der Waals surface area contributed by atoms with Crippen molar-refractivity contribution in [2.75, 3.05) is 6.61 Å². The maximum Gasteiger partial charge on any atom is 0.306 e. The molecule has 350 valence electrons. The fraction of sp³-hybridized carbons (Fsp3) is 0.709. The van der Waals surface area contributed by atoms with E-state index in [9.17, 15) is 19.8 Å². The molecule has 3 atom stereocenters. The Morgan fingerprint density at radius 3 is 1.54 bits per heavy atom. The molecule has 3 unspecified atom stereocenters. The topological polar surface area (TPSA) is 95.9 Å². The molecule has 0 aliphatic heterocycles. The van der Waals surface area contributed by atoms with Crippen molar-refractivity contribution in [1.82, 2.24) is 5.32 Å². The average molecular weight is 850 g/mol. The van der Waals surface area contributed by atoms with Crippen LogP contribution in [0.5, 0.6) is 0 Å². The third kappa shape index (κ3) is 43.5. The molecule has 0 saturated heterocycles. The molecule has 1 amide bonds. The summed E-state index contributed by atoms with van der Waals surface area (Å²) in [4.78, 5) is 26.1.